The molecule has 4 heteroatoms. The Morgan fingerprint density at radius 2 is 1.86 bits per heavy atom. The van der Waals surface area contributed by atoms with Crippen LogP contribution in [-0.4, -0.2) is 4.98 Å². The average molecular weight is 318 g/mol. The predicted molar refractivity (Wildman–Crippen MR) is 87.1 cm³/mol. The van der Waals surface area contributed by atoms with Crippen molar-refractivity contribution in [2.75, 3.05) is 0 Å². The lowest BCUT2D eigenvalue weighted by Gasteiger charge is -2.09. The zero-order valence-corrected chi connectivity index (χ0v) is 12.7. The number of pyridine rings is 1. The number of ether oxygens (including phenoxy) is 1. The SMILES string of the molecule is ClCc1cc(OCc2cccc(Cl)c2)nc2ccccc12. The minimum atomic E-state index is 0.424. The van der Waals surface area contributed by atoms with Gasteiger partial charge in [0.2, 0.25) is 5.88 Å². The van der Waals surface area contributed by atoms with Crippen LogP contribution < -0.4 is 4.74 Å². The van der Waals surface area contributed by atoms with E-state index in [9.17, 15) is 0 Å². The zero-order chi connectivity index (χ0) is 14.7. The van der Waals surface area contributed by atoms with Gasteiger partial charge < -0.3 is 4.74 Å². The molecule has 3 rings (SSSR count). The zero-order valence-electron chi connectivity index (χ0n) is 11.2. The van der Waals surface area contributed by atoms with Gasteiger partial charge in [0.25, 0.3) is 0 Å². The molecule has 2 aromatic carbocycles. The maximum Gasteiger partial charge on any atom is 0.214 e. The number of benzene rings is 2. The third-order valence-electron chi connectivity index (χ3n) is 3.20. The van der Waals surface area contributed by atoms with Crippen molar-refractivity contribution in [1.29, 1.82) is 0 Å². The first-order valence-electron chi connectivity index (χ1n) is 6.58. The molecule has 2 nitrogen and oxygen atoms in total. The van der Waals surface area contributed by atoms with Crippen molar-refractivity contribution >= 4 is 34.1 Å². The number of aromatic nitrogens is 1. The fourth-order valence-electron chi connectivity index (χ4n) is 2.19. The quantitative estimate of drug-likeness (QED) is 0.616. The molecule has 0 unspecified atom stereocenters. The van der Waals surface area contributed by atoms with E-state index in [1.54, 1.807) is 0 Å². The molecule has 1 heterocycles. The Balaban J connectivity index is 1.87. The van der Waals surface area contributed by atoms with Gasteiger partial charge in [0.1, 0.15) is 6.61 Å². The Bertz CT molecular complexity index is 774. The number of nitrogens with zero attached hydrogens (tertiary/aromatic N) is 1. The van der Waals surface area contributed by atoms with E-state index in [1.807, 2.05) is 54.6 Å². The lowest BCUT2D eigenvalue weighted by Crippen LogP contribution is -1.98. The molecule has 0 saturated heterocycles. The number of rotatable bonds is 4. The van der Waals surface area contributed by atoms with Gasteiger partial charge in [-0.05, 0) is 29.3 Å². The van der Waals surface area contributed by atoms with Gasteiger partial charge in [0.05, 0.1) is 5.52 Å². The Morgan fingerprint density at radius 3 is 2.67 bits per heavy atom. The summed E-state index contributed by atoms with van der Waals surface area (Å²) in [5.41, 5.74) is 2.91. The standard InChI is InChI=1S/C17H13Cl2NO/c18-10-13-9-17(20-16-7-2-1-6-15(13)16)21-11-12-4-3-5-14(19)8-12/h1-9H,10-11H2. The maximum absolute atomic E-state index is 6.02. The van der Waals surface area contributed by atoms with E-state index in [0.717, 1.165) is 22.0 Å². The molecule has 0 aliphatic heterocycles. The van der Waals surface area contributed by atoms with Crippen LogP contribution in [0.1, 0.15) is 11.1 Å². The highest BCUT2D eigenvalue weighted by Gasteiger charge is 2.06. The van der Waals surface area contributed by atoms with Crippen molar-refractivity contribution in [3.05, 3.63) is 70.7 Å². The highest BCUT2D eigenvalue weighted by Crippen LogP contribution is 2.24. The summed E-state index contributed by atoms with van der Waals surface area (Å²) in [6.45, 7) is 0.424. The summed E-state index contributed by atoms with van der Waals surface area (Å²) in [5.74, 6) is 1.00. The highest BCUT2D eigenvalue weighted by molar-refractivity contribution is 6.30. The van der Waals surface area contributed by atoms with Crippen molar-refractivity contribution in [2.45, 2.75) is 12.5 Å². The molecule has 0 amide bonds. The number of para-hydroxylation sites is 1. The average Bonchev–Trinajstić information content (AvgIpc) is 2.52. The number of alkyl halides is 1. The van der Waals surface area contributed by atoms with E-state index in [4.69, 9.17) is 27.9 Å². The van der Waals surface area contributed by atoms with Crippen molar-refractivity contribution in [3.63, 3.8) is 0 Å². The fraction of sp³-hybridized carbons (Fsp3) is 0.118. The van der Waals surface area contributed by atoms with E-state index in [2.05, 4.69) is 4.98 Å². The molecule has 106 valence electrons. The number of fused-ring (bicyclic) bond motifs is 1. The van der Waals surface area contributed by atoms with Crippen molar-refractivity contribution in [2.24, 2.45) is 0 Å². The van der Waals surface area contributed by atoms with Gasteiger partial charge in [-0.3, -0.25) is 0 Å². The van der Waals surface area contributed by atoms with Crippen LogP contribution in [-0.2, 0) is 12.5 Å². The van der Waals surface area contributed by atoms with Gasteiger partial charge in [-0.1, -0.05) is 41.9 Å². The molecule has 3 aromatic rings. The summed E-state index contributed by atoms with van der Waals surface area (Å²) in [4.78, 5) is 4.51. The van der Waals surface area contributed by atoms with E-state index in [0.29, 0.717) is 23.4 Å². The summed E-state index contributed by atoms with van der Waals surface area (Å²) in [6.07, 6.45) is 0. The molecule has 0 saturated carbocycles. The van der Waals surface area contributed by atoms with E-state index in [1.165, 1.54) is 0 Å². The Morgan fingerprint density at radius 1 is 1.00 bits per heavy atom. The van der Waals surface area contributed by atoms with Crippen LogP contribution in [0, 0.1) is 0 Å². The largest absolute Gasteiger partial charge is 0.473 e. The van der Waals surface area contributed by atoms with Crippen molar-refractivity contribution < 1.29 is 4.74 Å². The van der Waals surface area contributed by atoms with Gasteiger partial charge >= 0.3 is 0 Å². The summed E-state index contributed by atoms with van der Waals surface area (Å²) >= 11 is 12.0. The van der Waals surface area contributed by atoms with E-state index < -0.39 is 0 Å². The second-order valence-electron chi connectivity index (χ2n) is 4.69. The predicted octanol–water partition coefficient (Wildman–Crippen LogP) is 5.21. The topological polar surface area (TPSA) is 22.1 Å². The van der Waals surface area contributed by atoms with Crippen LogP contribution >= 0.6 is 23.2 Å². The molecular weight excluding hydrogens is 305 g/mol. The number of hydrogen-bond acceptors (Lipinski definition) is 2. The Kier molecular flexibility index (Phi) is 4.28. The van der Waals surface area contributed by atoms with E-state index >= 15 is 0 Å². The van der Waals surface area contributed by atoms with Crippen molar-refractivity contribution in [3.8, 4) is 5.88 Å². The maximum atomic E-state index is 6.02. The van der Waals surface area contributed by atoms with Crippen LogP contribution in [0.5, 0.6) is 5.88 Å². The molecular formula is C17H13Cl2NO. The van der Waals surface area contributed by atoms with Gasteiger partial charge in [0.15, 0.2) is 0 Å². The molecule has 1 aromatic heterocycles. The van der Waals surface area contributed by atoms with Gasteiger partial charge in [-0.15, -0.1) is 11.6 Å². The Labute approximate surface area is 133 Å². The highest BCUT2D eigenvalue weighted by atomic mass is 35.5. The summed E-state index contributed by atoms with van der Waals surface area (Å²) in [5, 5.41) is 1.76. The summed E-state index contributed by atoms with van der Waals surface area (Å²) < 4.78 is 5.77. The van der Waals surface area contributed by atoms with Crippen LogP contribution in [0.25, 0.3) is 10.9 Å². The number of halogens is 2. The number of hydrogen-bond donors (Lipinski definition) is 0. The van der Waals surface area contributed by atoms with Crippen LogP contribution in [0.2, 0.25) is 5.02 Å². The molecule has 0 atom stereocenters. The second kappa shape index (κ2) is 6.33. The van der Waals surface area contributed by atoms with Gasteiger partial charge in [0, 0.05) is 22.4 Å². The lowest BCUT2D eigenvalue weighted by molar-refractivity contribution is 0.295. The van der Waals surface area contributed by atoms with Gasteiger partial charge in [-0.2, -0.15) is 0 Å². The lowest BCUT2D eigenvalue weighted by atomic mass is 10.1. The van der Waals surface area contributed by atoms with Crippen LogP contribution in [0.15, 0.2) is 54.6 Å². The summed E-state index contributed by atoms with van der Waals surface area (Å²) in [6, 6.07) is 17.4. The Hall–Kier alpha value is -1.77. The first kappa shape index (κ1) is 14.2. The van der Waals surface area contributed by atoms with Crippen LogP contribution in [0.3, 0.4) is 0 Å². The molecule has 0 fully saturated rings. The molecule has 0 aliphatic carbocycles. The molecule has 0 spiro atoms. The molecule has 0 radical (unpaired) electrons. The summed E-state index contributed by atoms with van der Waals surface area (Å²) in [7, 11) is 0. The second-order valence-corrected chi connectivity index (χ2v) is 5.39. The molecule has 21 heavy (non-hydrogen) atoms. The minimum Gasteiger partial charge on any atom is -0.473 e. The third-order valence-corrected chi connectivity index (χ3v) is 3.72. The molecule has 0 aliphatic rings. The van der Waals surface area contributed by atoms with Gasteiger partial charge in [-0.25, -0.2) is 4.98 Å². The first-order chi connectivity index (χ1) is 10.3. The van der Waals surface area contributed by atoms with Crippen molar-refractivity contribution in [1.82, 2.24) is 4.98 Å². The van der Waals surface area contributed by atoms with Crippen LogP contribution in [0.4, 0.5) is 0 Å². The normalized spacial score (nSPS) is 10.8. The van der Waals surface area contributed by atoms with E-state index in [-0.39, 0.29) is 0 Å². The fourth-order valence-corrected chi connectivity index (χ4v) is 2.62. The monoisotopic (exact) mass is 317 g/mol. The smallest absolute Gasteiger partial charge is 0.214 e. The first-order valence-corrected chi connectivity index (χ1v) is 7.49. The minimum absolute atomic E-state index is 0.424. The molecule has 0 N–H and O–H groups in total. The third kappa shape index (κ3) is 3.29. The molecule has 0 bridgehead atoms.